The molecular formula is C6H8F3NO. The number of alkyl halides is 3. The highest BCUT2D eigenvalue weighted by atomic mass is 19.4. The Labute approximate surface area is 62.0 Å². The number of piperidine rings is 1. The van der Waals surface area contributed by atoms with Crippen LogP contribution >= 0.6 is 0 Å². The van der Waals surface area contributed by atoms with Crippen LogP contribution in [0.25, 0.3) is 0 Å². The first-order chi connectivity index (χ1) is 5.02. The fourth-order valence-corrected chi connectivity index (χ4v) is 1.07. The van der Waals surface area contributed by atoms with E-state index in [0.29, 0.717) is 12.8 Å². The van der Waals surface area contributed by atoms with Gasteiger partial charge >= 0.3 is 6.30 Å². The van der Waals surface area contributed by atoms with Crippen molar-refractivity contribution in [1.29, 1.82) is 0 Å². The fraction of sp³-hybridized carbons (Fsp3) is 0.833. The summed E-state index contributed by atoms with van der Waals surface area (Å²) in [5.41, 5.74) is 0. The minimum atomic E-state index is -4.47. The van der Waals surface area contributed by atoms with Gasteiger partial charge in [0.1, 0.15) is 0 Å². The second kappa shape index (κ2) is 2.71. The lowest BCUT2D eigenvalue weighted by Gasteiger charge is -2.28. The molecule has 64 valence electrons. The topological polar surface area (TPSA) is 20.3 Å². The lowest BCUT2D eigenvalue weighted by Crippen LogP contribution is -2.45. The average Bonchev–Trinajstić information content (AvgIpc) is 1.86. The largest absolute Gasteiger partial charge is 0.487 e. The van der Waals surface area contributed by atoms with Gasteiger partial charge in [-0.05, 0) is 12.8 Å². The molecule has 1 aliphatic rings. The molecule has 0 spiro atoms. The highest BCUT2D eigenvalue weighted by Gasteiger charge is 2.41. The second-order valence-electron chi connectivity index (χ2n) is 2.47. The van der Waals surface area contributed by atoms with Crippen molar-refractivity contribution in [3.8, 4) is 0 Å². The van der Waals surface area contributed by atoms with Gasteiger partial charge in [-0.3, -0.25) is 9.69 Å². The van der Waals surface area contributed by atoms with Crippen molar-refractivity contribution < 1.29 is 18.0 Å². The van der Waals surface area contributed by atoms with Crippen LogP contribution in [-0.4, -0.2) is 23.7 Å². The van der Waals surface area contributed by atoms with Gasteiger partial charge in [0.25, 0.3) is 0 Å². The SMILES string of the molecule is O=C1CCCCN1C(F)(F)F. The van der Waals surface area contributed by atoms with Crippen molar-refractivity contribution in [2.24, 2.45) is 0 Å². The first-order valence-corrected chi connectivity index (χ1v) is 3.39. The third-order valence-electron chi connectivity index (χ3n) is 1.63. The Morgan fingerprint density at radius 1 is 1.27 bits per heavy atom. The maximum atomic E-state index is 11.9. The van der Waals surface area contributed by atoms with Crippen molar-refractivity contribution in [3.05, 3.63) is 0 Å². The van der Waals surface area contributed by atoms with Gasteiger partial charge in [0.05, 0.1) is 0 Å². The molecule has 11 heavy (non-hydrogen) atoms. The number of hydrogen-bond acceptors (Lipinski definition) is 1. The molecule has 0 N–H and O–H groups in total. The number of nitrogens with zero attached hydrogens (tertiary/aromatic N) is 1. The molecule has 0 aliphatic carbocycles. The molecule has 1 aliphatic heterocycles. The molecule has 0 aromatic rings. The Morgan fingerprint density at radius 3 is 2.27 bits per heavy atom. The molecule has 1 rings (SSSR count). The van der Waals surface area contributed by atoms with Gasteiger partial charge in [0, 0.05) is 13.0 Å². The summed E-state index contributed by atoms with van der Waals surface area (Å²) in [7, 11) is 0. The Balaban J connectivity index is 2.62. The van der Waals surface area contributed by atoms with Crippen LogP contribution in [0.5, 0.6) is 0 Å². The van der Waals surface area contributed by atoms with Crippen LogP contribution in [0.3, 0.4) is 0 Å². The van der Waals surface area contributed by atoms with E-state index in [0.717, 1.165) is 0 Å². The standard InChI is InChI=1S/C6H8F3NO/c7-6(8,9)10-4-2-1-3-5(10)11/h1-4H2. The van der Waals surface area contributed by atoms with E-state index < -0.39 is 12.2 Å². The molecule has 0 aromatic carbocycles. The molecular weight excluding hydrogens is 159 g/mol. The van der Waals surface area contributed by atoms with E-state index in [1.54, 1.807) is 0 Å². The Kier molecular flexibility index (Phi) is 2.06. The molecule has 1 fully saturated rings. The second-order valence-corrected chi connectivity index (χ2v) is 2.47. The van der Waals surface area contributed by atoms with Crippen molar-refractivity contribution in [2.45, 2.75) is 25.6 Å². The van der Waals surface area contributed by atoms with Gasteiger partial charge in [0.2, 0.25) is 5.91 Å². The van der Waals surface area contributed by atoms with E-state index in [1.165, 1.54) is 0 Å². The van der Waals surface area contributed by atoms with Gasteiger partial charge in [-0.15, -0.1) is 13.2 Å². The third-order valence-corrected chi connectivity index (χ3v) is 1.63. The summed E-state index contributed by atoms with van der Waals surface area (Å²) in [5.74, 6) is -0.802. The number of amides is 1. The highest BCUT2D eigenvalue weighted by molar-refractivity contribution is 5.77. The summed E-state index contributed by atoms with van der Waals surface area (Å²) < 4.78 is 35.7. The zero-order chi connectivity index (χ0) is 8.48. The van der Waals surface area contributed by atoms with E-state index in [1.807, 2.05) is 0 Å². The van der Waals surface area contributed by atoms with Gasteiger partial charge < -0.3 is 0 Å². The monoisotopic (exact) mass is 167 g/mol. The lowest BCUT2D eigenvalue weighted by molar-refractivity contribution is -0.243. The highest BCUT2D eigenvalue weighted by Crippen LogP contribution is 2.25. The normalized spacial score (nSPS) is 20.6. The van der Waals surface area contributed by atoms with Crippen LogP contribution in [0, 0.1) is 0 Å². The number of hydrogen-bond donors (Lipinski definition) is 0. The van der Waals surface area contributed by atoms with Crippen LogP contribution in [-0.2, 0) is 4.79 Å². The smallest absolute Gasteiger partial charge is 0.275 e. The first-order valence-electron chi connectivity index (χ1n) is 3.39. The minimum absolute atomic E-state index is 0.0174. The first kappa shape index (κ1) is 8.36. The summed E-state index contributed by atoms with van der Waals surface area (Å²) in [6, 6.07) is 0. The molecule has 1 amide bonds. The van der Waals surface area contributed by atoms with E-state index in [9.17, 15) is 18.0 Å². The molecule has 1 saturated heterocycles. The van der Waals surface area contributed by atoms with Crippen molar-refractivity contribution >= 4 is 5.91 Å². The van der Waals surface area contributed by atoms with Crippen molar-refractivity contribution in [3.63, 3.8) is 0 Å². The summed E-state index contributed by atoms with van der Waals surface area (Å²) in [6.07, 6.45) is -3.42. The summed E-state index contributed by atoms with van der Waals surface area (Å²) in [4.78, 5) is 10.6. The van der Waals surface area contributed by atoms with Crippen molar-refractivity contribution in [2.75, 3.05) is 6.54 Å². The van der Waals surface area contributed by atoms with E-state index in [2.05, 4.69) is 0 Å². The number of carbonyl (C=O) groups excluding carboxylic acids is 1. The number of halogens is 3. The van der Waals surface area contributed by atoms with Crippen LogP contribution in [0.1, 0.15) is 19.3 Å². The number of carbonyl (C=O) groups is 1. The molecule has 0 saturated carbocycles. The average molecular weight is 167 g/mol. The molecule has 1 heterocycles. The molecule has 2 nitrogen and oxygen atoms in total. The maximum Gasteiger partial charge on any atom is 0.487 e. The Hall–Kier alpha value is -0.740. The van der Waals surface area contributed by atoms with Crippen LogP contribution < -0.4 is 0 Å². The molecule has 0 radical (unpaired) electrons. The third kappa shape index (κ3) is 1.85. The number of likely N-dealkylation sites (tertiary alicyclic amines) is 1. The quantitative estimate of drug-likeness (QED) is 0.501. The van der Waals surface area contributed by atoms with E-state index >= 15 is 0 Å². The number of rotatable bonds is 0. The molecule has 0 unspecified atom stereocenters. The van der Waals surface area contributed by atoms with Crippen molar-refractivity contribution in [1.82, 2.24) is 4.90 Å². The van der Waals surface area contributed by atoms with Gasteiger partial charge in [-0.25, -0.2) is 0 Å². The van der Waals surface area contributed by atoms with Gasteiger partial charge in [0.15, 0.2) is 0 Å². The minimum Gasteiger partial charge on any atom is -0.275 e. The molecule has 5 heteroatoms. The zero-order valence-electron chi connectivity index (χ0n) is 5.82. The molecule has 0 aromatic heterocycles. The van der Waals surface area contributed by atoms with Crippen LogP contribution in [0.4, 0.5) is 13.2 Å². The lowest BCUT2D eigenvalue weighted by atomic mass is 10.1. The van der Waals surface area contributed by atoms with E-state index in [4.69, 9.17) is 0 Å². The van der Waals surface area contributed by atoms with Gasteiger partial charge in [-0.1, -0.05) is 0 Å². The predicted molar refractivity (Wildman–Crippen MR) is 31.6 cm³/mol. The fourth-order valence-electron chi connectivity index (χ4n) is 1.07. The predicted octanol–water partition coefficient (Wildman–Crippen LogP) is 1.52. The Bertz CT molecular complexity index is 166. The summed E-state index contributed by atoms with van der Waals surface area (Å²) in [6.45, 7) is -0.178. The van der Waals surface area contributed by atoms with Crippen LogP contribution in [0.2, 0.25) is 0 Å². The van der Waals surface area contributed by atoms with Gasteiger partial charge in [-0.2, -0.15) is 0 Å². The van der Waals surface area contributed by atoms with E-state index in [-0.39, 0.29) is 17.9 Å². The molecule has 0 atom stereocenters. The summed E-state index contributed by atoms with van der Waals surface area (Å²) >= 11 is 0. The Morgan fingerprint density at radius 2 is 1.91 bits per heavy atom. The zero-order valence-corrected chi connectivity index (χ0v) is 5.82. The summed E-state index contributed by atoms with van der Waals surface area (Å²) in [5, 5.41) is 0. The molecule has 0 bridgehead atoms. The maximum absolute atomic E-state index is 11.9. The van der Waals surface area contributed by atoms with Crippen LogP contribution in [0.15, 0.2) is 0 Å².